The quantitative estimate of drug-likeness (QED) is 0.886. The average molecular weight is 305 g/mol. The number of halogens is 2. The van der Waals surface area contributed by atoms with Crippen LogP contribution in [0.5, 0.6) is 0 Å². The maximum absolute atomic E-state index is 13.5. The predicted molar refractivity (Wildman–Crippen MR) is 73.3 cm³/mol. The van der Waals surface area contributed by atoms with Crippen LogP contribution in [0.4, 0.5) is 15.8 Å². The molecule has 90 valence electrons. The van der Waals surface area contributed by atoms with Crippen molar-refractivity contribution in [3.8, 4) is 6.07 Å². The van der Waals surface area contributed by atoms with Gasteiger partial charge < -0.3 is 5.32 Å². The van der Waals surface area contributed by atoms with Crippen LogP contribution in [0.2, 0.25) is 0 Å². The minimum Gasteiger partial charge on any atom is -0.354 e. The van der Waals surface area contributed by atoms with E-state index < -0.39 is 5.82 Å². The summed E-state index contributed by atoms with van der Waals surface area (Å²) in [5.41, 5.74) is 2.34. The van der Waals surface area contributed by atoms with Gasteiger partial charge in [-0.25, -0.2) is 4.39 Å². The first-order chi connectivity index (χ1) is 8.63. The number of hydrogen-bond acceptors (Lipinski definition) is 2. The minimum atomic E-state index is -0.518. The van der Waals surface area contributed by atoms with E-state index in [2.05, 4.69) is 21.2 Å². The zero-order valence-electron chi connectivity index (χ0n) is 9.67. The van der Waals surface area contributed by atoms with Crippen molar-refractivity contribution >= 4 is 27.3 Å². The maximum atomic E-state index is 13.5. The summed E-state index contributed by atoms with van der Waals surface area (Å²) in [6.45, 7) is 1.94. The van der Waals surface area contributed by atoms with Gasteiger partial charge in [-0.05, 0) is 36.8 Å². The predicted octanol–water partition coefficient (Wildman–Crippen LogP) is 4.51. The van der Waals surface area contributed by atoms with Gasteiger partial charge in [0.15, 0.2) is 0 Å². The number of benzene rings is 2. The molecule has 0 fully saturated rings. The molecule has 2 nitrogen and oxygen atoms in total. The van der Waals surface area contributed by atoms with Crippen LogP contribution in [0.1, 0.15) is 11.1 Å². The summed E-state index contributed by atoms with van der Waals surface area (Å²) in [5.74, 6) is -0.518. The van der Waals surface area contributed by atoms with Gasteiger partial charge in [-0.1, -0.05) is 28.1 Å². The molecule has 0 unspecified atom stereocenters. The first kappa shape index (κ1) is 12.6. The number of rotatable bonds is 2. The highest BCUT2D eigenvalue weighted by Gasteiger charge is 2.09. The lowest BCUT2D eigenvalue weighted by molar-refractivity contribution is 0.624. The zero-order valence-corrected chi connectivity index (χ0v) is 11.3. The van der Waals surface area contributed by atoms with Crippen LogP contribution < -0.4 is 5.32 Å². The van der Waals surface area contributed by atoms with E-state index >= 15 is 0 Å². The maximum Gasteiger partial charge on any atom is 0.143 e. The highest BCUT2D eigenvalue weighted by Crippen LogP contribution is 2.28. The highest BCUT2D eigenvalue weighted by atomic mass is 79.9. The molecule has 4 heteroatoms. The zero-order chi connectivity index (χ0) is 13.1. The van der Waals surface area contributed by atoms with Crippen molar-refractivity contribution in [2.24, 2.45) is 0 Å². The fourth-order valence-electron chi connectivity index (χ4n) is 1.63. The number of hydrogen-bond donors (Lipinski definition) is 1. The van der Waals surface area contributed by atoms with Crippen LogP contribution in [0.25, 0.3) is 0 Å². The van der Waals surface area contributed by atoms with Crippen LogP contribution in [-0.4, -0.2) is 0 Å². The Kier molecular flexibility index (Phi) is 3.63. The lowest BCUT2D eigenvalue weighted by Gasteiger charge is -2.12. The molecule has 0 bridgehead atoms. The van der Waals surface area contributed by atoms with Crippen molar-refractivity contribution in [2.45, 2.75) is 6.92 Å². The Morgan fingerprint density at radius 3 is 2.56 bits per heavy atom. The Morgan fingerprint density at radius 1 is 1.17 bits per heavy atom. The fraction of sp³-hybridized carbons (Fsp3) is 0.0714. The molecule has 0 aliphatic heterocycles. The molecule has 18 heavy (non-hydrogen) atoms. The SMILES string of the molecule is Cc1c(Br)cccc1Nc1cccc(F)c1C#N. The van der Waals surface area contributed by atoms with E-state index in [0.717, 1.165) is 15.7 Å². The molecule has 0 saturated carbocycles. The molecule has 0 atom stereocenters. The van der Waals surface area contributed by atoms with Gasteiger partial charge in [0.2, 0.25) is 0 Å². The molecule has 0 amide bonds. The van der Waals surface area contributed by atoms with Gasteiger partial charge in [0.25, 0.3) is 0 Å². The normalized spacial score (nSPS) is 9.89. The highest BCUT2D eigenvalue weighted by molar-refractivity contribution is 9.10. The number of nitrogens with zero attached hydrogens (tertiary/aromatic N) is 1. The van der Waals surface area contributed by atoms with Crippen molar-refractivity contribution in [1.82, 2.24) is 0 Å². The van der Waals surface area contributed by atoms with Crippen molar-refractivity contribution in [2.75, 3.05) is 5.32 Å². The van der Waals surface area contributed by atoms with Crippen LogP contribution in [0.3, 0.4) is 0 Å². The number of anilines is 2. The lowest BCUT2D eigenvalue weighted by atomic mass is 10.1. The largest absolute Gasteiger partial charge is 0.354 e. The summed E-state index contributed by atoms with van der Waals surface area (Å²) in [6.07, 6.45) is 0. The van der Waals surface area contributed by atoms with Crippen molar-refractivity contribution < 1.29 is 4.39 Å². The lowest BCUT2D eigenvalue weighted by Crippen LogP contribution is -1.98. The van der Waals surface area contributed by atoms with Gasteiger partial charge >= 0.3 is 0 Å². The molecule has 1 N–H and O–H groups in total. The molecule has 0 radical (unpaired) electrons. The Bertz CT molecular complexity index is 632. The third kappa shape index (κ3) is 2.36. The molecular formula is C14H10BrFN2. The summed E-state index contributed by atoms with van der Waals surface area (Å²) >= 11 is 3.43. The van der Waals surface area contributed by atoms with Gasteiger partial charge in [-0.15, -0.1) is 0 Å². The summed E-state index contributed by atoms with van der Waals surface area (Å²) < 4.78 is 14.4. The average Bonchev–Trinajstić information content (AvgIpc) is 2.35. The Balaban J connectivity index is 2.44. The van der Waals surface area contributed by atoms with E-state index in [1.165, 1.54) is 6.07 Å². The fourth-order valence-corrected chi connectivity index (χ4v) is 2.00. The molecule has 2 aromatic rings. The number of nitrogens with one attached hydrogen (secondary N) is 1. The summed E-state index contributed by atoms with van der Waals surface area (Å²) in [5, 5.41) is 12.0. The first-order valence-corrected chi connectivity index (χ1v) is 6.13. The van der Waals surface area contributed by atoms with E-state index in [4.69, 9.17) is 5.26 Å². The van der Waals surface area contributed by atoms with E-state index in [-0.39, 0.29) is 5.56 Å². The smallest absolute Gasteiger partial charge is 0.143 e. The molecule has 2 aromatic carbocycles. The molecule has 0 aliphatic carbocycles. The monoisotopic (exact) mass is 304 g/mol. The van der Waals surface area contributed by atoms with Gasteiger partial charge in [-0.3, -0.25) is 0 Å². The van der Waals surface area contributed by atoms with E-state index in [1.54, 1.807) is 12.1 Å². The van der Waals surface area contributed by atoms with Gasteiger partial charge in [0, 0.05) is 10.2 Å². The molecule has 0 spiro atoms. The van der Waals surface area contributed by atoms with Gasteiger partial charge in [-0.2, -0.15) is 5.26 Å². The Labute approximate surface area is 113 Å². The Morgan fingerprint density at radius 2 is 1.83 bits per heavy atom. The second-order valence-electron chi connectivity index (χ2n) is 3.81. The third-order valence-corrected chi connectivity index (χ3v) is 3.52. The third-order valence-electron chi connectivity index (χ3n) is 2.66. The molecule has 0 aromatic heterocycles. The summed E-state index contributed by atoms with van der Waals surface area (Å²) in [6, 6.07) is 12.1. The van der Waals surface area contributed by atoms with Crippen LogP contribution in [0.15, 0.2) is 40.9 Å². The standard InChI is InChI=1S/C14H10BrFN2/c1-9-11(15)4-2-6-13(9)18-14-7-3-5-12(16)10(14)8-17/h2-7,18H,1H3. The van der Waals surface area contributed by atoms with Gasteiger partial charge in [0.05, 0.1) is 5.69 Å². The van der Waals surface area contributed by atoms with Crippen LogP contribution in [0, 0.1) is 24.1 Å². The van der Waals surface area contributed by atoms with Gasteiger partial charge in [0.1, 0.15) is 17.4 Å². The summed E-state index contributed by atoms with van der Waals surface area (Å²) in [4.78, 5) is 0. The Hall–Kier alpha value is -1.86. The first-order valence-electron chi connectivity index (χ1n) is 5.34. The van der Waals surface area contributed by atoms with E-state index in [0.29, 0.717) is 5.69 Å². The van der Waals surface area contributed by atoms with Crippen molar-refractivity contribution in [3.05, 3.63) is 57.8 Å². The topological polar surface area (TPSA) is 35.8 Å². The second kappa shape index (κ2) is 5.19. The molecule has 0 saturated heterocycles. The van der Waals surface area contributed by atoms with Crippen molar-refractivity contribution in [1.29, 1.82) is 5.26 Å². The summed E-state index contributed by atoms with van der Waals surface area (Å²) in [7, 11) is 0. The van der Waals surface area contributed by atoms with Crippen LogP contribution >= 0.6 is 15.9 Å². The number of nitriles is 1. The minimum absolute atomic E-state index is 0.0249. The molecular weight excluding hydrogens is 295 g/mol. The molecule has 0 heterocycles. The second-order valence-corrected chi connectivity index (χ2v) is 4.67. The van der Waals surface area contributed by atoms with Crippen molar-refractivity contribution in [3.63, 3.8) is 0 Å². The van der Waals surface area contributed by atoms with E-state index in [1.807, 2.05) is 31.2 Å². The molecule has 0 aliphatic rings. The van der Waals surface area contributed by atoms with Crippen LogP contribution in [-0.2, 0) is 0 Å². The molecule has 2 rings (SSSR count). The van der Waals surface area contributed by atoms with E-state index in [9.17, 15) is 4.39 Å².